The summed E-state index contributed by atoms with van der Waals surface area (Å²) in [7, 11) is -1.29. The summed E-state index contributed by atoms with van der Waals surface area (Å²) in [5.74, 6) is -1.71. The maximum Gasteiger partial charge on any atom is 0.494 e. The third-order valence-corrected chi connectivity index (χ3v) is 3.89. The zero-order valence-corrected chi connectivity index (χ0v) is 12.7. The molecule has 1 aromatic carbocycles. The standard InChI is InChI=1S/C16H22BNO4/c1-15(2)16(3,4)22-17(21-15)12-5-7-13(8-6-12)18-9-10-20-11-14(18)19/h5-8H,9-11H2,1-4H3/i5D,6D,7D,8D,9D2,10D2,11D2. The van der Waals surface area contributed by atoms with E-state index in [2.05, 4.69) is 4.74 Å². The number of carbonyl (C=O) groups excluding carboxylic acids is 1. The van der Waals surface area contributed by atoms with Gasteiger partial charge in [0.25, 0.3) is 5.91 Å². The van der Waals surface area contributed by atoms with Crippen molar-refractivity contribution in [3.63, 3.8) is 0 Å². The SMILES string of the molecule is [2H]c1c([2H])c(N2C(=O)C([2H])([2H])OC([2H])([2H])C2([2H])[2H])c([2H])c([2H])c1B1OC(C)(C)C(C)(C)O1. The molecule has 5 nitrogen and oxygen atoms in total. The van der Waals surface area contributed by atoms with Gasteiger partial charge in [0.05, 0.1) is 31.5 Å². The Bertz CT molecular complexity index is 955. The Morgan fingerprint density at radius 1 is 1.18 bits per heavy atom. The molecule has 22 heavy (non-hydrogen) atoms. The van der Waals surface area contributed by atoms with Gasteiger partial charge in [0.1, 0.15) is 6.56 Å². The maximum absolute atomic E-state index is 12.7. The molecule has 0 N–H and O–H groups in total. The summed E-state index contributed by atoms with van der Waals surface area (Å²) in [5.41, 5.74) is -2.92. The molecular weight excluding hydrogens is 281 g/mol. The molecule has 0 aliphatic carbocycles. The van der Waals surface area contributed by atoms with Crippen LogP contribution in [0.15, 0.2) is 24.2 Å². The number of morpholine rings is 1. The van der Waals surface area contributed by atoms with Gasteiger partial charge in [-0.3, -0.25) is 4.79 Å². The van der Waals surface area contributed by atoms with Crippen LogP contribution >= 0.6 is 0 Å². The van der Waals surface area contributed by atoms with Crippen molar-refractivity contribution in [3.05, 3.63) is 24.2 Å². The summed E-state index contributed by atoms with van der Waals surface area (Å²) in [6.45, 7) is -3.13. The molecule has 1 aromatic rings. The summed E-state index contributed by atoms with van der Waals surface area (Å²) in [5, 5.41) is 0. The average molecular weight is 313 g/mol. The van der Waals surface area contributed by atoms with Crippen LogP contribution in [0.5, 0.6) is 0 Å². The van der Waals surface area contributed by atoms with Crippen molar-refractivity contribution >= 4 is 24.2 Å². The van der Waals surface area contributed by atoms with E-state index in [1.54, 1.807) is 27.7 Å². The van der Waals surface area contributed by atoms with Crippen molar-refractivity contribution in [2.45, 2.75) is 38.9 Å². The van der Waals surface area contributed by atoms with E-state index < -0.39 is 73.7 Å². The second-order valence-corrected chi connectivity index (χ2v) is 5.91. The van der Waals surface area contributed by atoms with Crippen molar-refractivity contribution in [1.29, 1.82) is 0 Å². The van der Waals surface area contributed by atoms with Gasteiger partial charge in [0.15, 0.2) is 0 Å². The number of carbonyl (C=O) groups is 1. The van der Waals surface area contributed by atoms with Crippen molar-refractivity contribution in [1.82, 2.24) is 0 Å². The fraction of sp³-hybridized carbons (Fsp3) is 0.562. The number of hydrogen-bond acceptors (Lipinski definition) is 4. The summed E-state index contributed by atoms with van der Waals surface area (Å²) >= 11 is 0. The van der Waals surface area contributed by atoms with Gasteiger partial charge in [0.2, 0.25) is 0 Å². The smallest absolute Gasteiger partial charge is 0.399 e. The molecule has 2 aliphatic heterocycles. The summed E-state index contributed by atoms with van der Waals surface area (Å²) < 4.78 is 96.4. The van der Waals surface area contributed by atoms with Crippen LogP contribution in [-0.4, -0.2) is 43.8 Å². The van der Waals surface area contributed by atoms with Crippen LogP contribution in [0.3, 0.4) is 0 Å². The van der Waals surface area contributed by atoms with Gasteiger partial charge in [-0.1, -0.05) is 12.1 Å². The Morgan fingerprint density at radius 3 is 2.36 bits per heavy atom. The molecule has 0 saturated carbocycles. The molecule has 6 heteroatoms. The van der Waals surface area contributed by atoms with Crippen molar-refractivity contribution < 1.29 is 32.5 Å². The fourth-order valence-corrected chi connectivity index (χ4v) is 1.90. The summed E-state index contributed by atoms with van der Waals surface area (Å²) in [6, 6.07) is -3.17. The van der Waals surface area contributed by atoms with Gasteiger partial charge in [-0.25, -0.2) is 0 Å². The molecule has 1 amide bonds. The minimum absolute atomic E-state index is 0.0503. The maximum atomic E-state index is 12.7. The second-order valence-electron chi connectivity index (χ2n) is 5.91. The molecule has 2 heterocycles. The van der Waals surface area contributed by atoms with Crippen LogP contribution in [0.2, 0.25) is 0 Å². The topological polar surface area (TPSA) is 48.0 Å². The Morgan fingerprint density at radius 2 is 1.77 bits per heavy atom. The van der Waals surface area contributed by atoms with Crippen LogP contribution in [0.4, 0.5) is 5.69 Å². The highest BCUT2D eigenvalue weighted by molar-refractivity contribution is 6.62. The number of hydrogen-bond donors (Lipinski definition) is 0. The second kappa shape index (κ2) is 5.37. The van der Waals surface area contributed by atoms with Crippen molar-refractivity contribution in [3.8, 4) is 0 Å². The van der Waals surface area contributed by atoms with E-state index in [4.69, 9.17) is 23.0 Å². The van der Waals surface area contributed by atoms with E-state index >= 15 is 0 Å². The molecule has 118 valence electrons. The minimum Gasteiger partial charge on any atom is -0.399 e. The zero-order chi connectivity index (χ0) is 24.8. The average Bonchev–Trinajstić information content (AvgIpc) is 2.81. The zero-order valence-electron chi connectivity index (χ0n) is 22.7. The van der Waals surface area contributed by atoms with Crippen LogP contribution in [-0.2, 0) is 18.8 Å². The molecule has 0 unspecified atom stereocenters. The first kappa shape index (κ1) is 7.47. The largest absolute Gasteiger partial charge is 0.494 e. The number of benzene rings is 1. The van der Waals surface area contributed by atoms with E-state index in [-0.39, 0.29) is 10.4 Å². The highest BCUT2D eigenvalue weighted by Gasteiger charge is 2.51. The van der Waals surface area contributed by atoms with Gasteiger partial charge in [-0.2, -0.15) is 0 Å². The van der Waals surface area contributed by atoms with E-state index in [0.29, 0.717) is 0 Å². The highest BCUT2D eigenvalue weighted by atomic mass is 16.7. The van der Waals surface area contributed by atoms with Crippen molar-refractivity contribution in [2.75, 3.05) is 24.5 Å². The number of nitrogens with zero attached hydrogens (tertiary/aromatic N) is 1. The van der Waals surface area contributed by atoms with Crippen molar-refractivity contribution in [2.24, 2.45) is 0 Å². The fourth-order valence-electron chi connectivity index (χ4n) is 1.90. The first-order valence-corrected chi connectivity index (χ1v) is 6.70. The molecule has 2 fully saturated rings. The van der Waals surface area contributed by atoms with Crippen LogP contribution < -0.4 is 10.4 Å². The van der Waals surface area contributed by atoms with E-state index in [1.807, 2.05) is 0 Å². The van der Waals surface area contributed by atoms with Gasteiger partial charge >= 0.3 is 7.12 Å². The first-order valence-electron chi connectivity index (χ1n) is 11.7. The lowest BCUT2D eigenvalue weighted by atomic mass is 9.79. The molecular formula is C16H22BNO4. The van der Waals surface area contributed by atoms with Crippen LogP contribution in [0.1, 0.15) is 41.4 Å². The molecule has 0 aromatic heterocycles. The Hall–Kier alpha value is -1.37. The van der Waals surface area contributed by atoms with Gasteiger partial charge in [-0.05, 0) is 45.2 Å². The third-order valence-electron chi connectivity index (χ3n) is 3.89. The Kier molecular flexibility index (Phi) is 1.82. The Balaban J connectivity index is 2.24. The molecule has 2 saturated heterocycles. The van der Waals surface area contributed by atoms with Crippen LogP contribution in [0, 0.1) is 0 Å². The lowest BCUT2D eigenvalue weighted by Crippen LogP contribution is -2.42. The molecule has 0 spiro atoms. The van der Waals surface area contributed by atoms with Gasteiger partial charge in [-0.15, -0.1) is 0 Å². The highest BCUT2D eigenvalue weighted by Crippen LogP contribution is 2.36. The van der Waals surface area contributed by atoms with E-state index in [1.165, 1.54) is 0 Å². The summed E-state index contributed by atoms with van der Waals surface area (Å²) in [4.78, 5) is 12.6. The minimum atomic E-state index is -3.36. The van der Waals surface area contributed by atoms with E-state index in [0.717, 1.165) is 0 Å². The number of anilines is 1. The van der Waals surface area contributed by atoms with Crippen LogP contribution in [0.25, 0.3) is 0 Å². The van der Waals surface area contributed by atoms with Gasteiger partial charge < -0.3 is 18.9 Å². The molecule has 3 rings (SSSR count). The molecule has 0 radical (unpaired) electrons. The van der Waals surface area contributed by atoms with E-state index in [9.17, 15) is 4.79 Å². The number of ether oxygens (including phenoxy) is 1. The number of amides is 1. The molecule has 2 aliphatic rings. The quantitative estimate of drug-likeness (QED) is 0.773. The number of rotatable bonds is 2. The first-order chi connectivity index (χ1) is 14.2. The lowest BCUT2D eigenvalue weighted by molar-refractivity contribution is -0.125. The molecule has 0 atom stereocenters. The molecule has 0 bridgehead atoms. The predicted octanol–water partition coefficient (Wildman–Crippen LogP) is 1.35. The monoisotopic (exact) mass is 313 g/mol. The Labute approximate surface area is 145 Å². The van der Waals surface area contributed by atoms with Gasteiger partial charge in [0, 0.05) is 12.2 Å². The predicted molar refractivity (Wildman–Crippen MR) is 85.3 cm³/mol. The third kappa shape index (κ3) is 2.66. The lowest BCUT2D eigenvalue weighted by Gasteiger charge is -2.32. The summed E-state index contributed by atoms with van der Waals surface area (Å²) in [6.07, 6.45) is 0. The normalized spacial score (nSPS) is 37.4.